The molecule has 0 bridgehead atoms. The van der Waals surface area contributed by atoms with Crippen LogP contribution in [0.15, 0.2) is 54.6 Å². The first-order valence-electron chi connectivity index (χ1n) is 8.06. The molecule has 2 N–H and O–H groups in total. The van der Waals surface area contributed by atoms with Crippen molar-refractivity contribution in [3.8, 4) is 0 Å². The van der Waals surface area contributed by atoms with E-state index in [2.05, 4.69) is 10.2 Å². The third-order valence-electron chi connectivity index (χ3n) is 4.34. The normalized spacial score (nSPS) is 18.0. The topological polar surface area (TPSA) is 52.6 Å². The minimum atomic E-state index is -0.0999. The lowest BCUT2D eigenvalue weighted by molar-refractivity contribution is 0.102. The highest BCUT2D eigenvalue weighted by atomic mass is 16.3. The lowest BCUT2D eigenvalue weighted by Gasteiger charge is -2.22. The number of aliphatic hydroxyl groups excluding tert-OH is 1. The van der Waals surface area contributed by atoms with Gasteiger partial charge in [0.1, 0.15) is 0 Å². The minimum Gasteiger partial charge on any atom is -0.395 e. The van der Waals surface area contributed by atoms with Crippen molar-refractivity contribution >= 4 is 11.6 Å². The van der Waals surface area contributed by atoms with Gasteiger partial charge in [0.05, 0.1) is 6.61 Å². The fraction of sp³-hybridized carbons (Fsp3) is 0.316. The summed E-state index contributed by atoms with van der Waals surface area (Å²) < 4.78 is 0. The van der Waals surface area contributed by atoms with Crippen LogP contribution in [0.4, 0.5) is 5.69 Å². The van der Waals surface area contributed by atoms with Gasteiger partial charge >= 0.3 is 0 Å². The van der Waals surface area contributed by atoms with E-state index >= 15 is 0 Å². The van der Waals surface area contributed by atoms with Crippen LogP contribution >= 0.6 is 0 Å². The number of nitrogens with one attached hydrogen (secondary N) is 1. The van der Waals surface area contributed by atoms with Crippen LogP contribution in [0.25, 0.3) is 0 Å². The smallest absolute Gasteiger partial charge is 0.255 e. The van der Waals surface area contributed by atoms with Crippen LogP contribution in [0.2, 0.25) is 0 Å². The maximum atomic E-state index is 12.2. The van der Waals surface area contributed by atoms with Gasteiger partial charge in [-0.3, -0.25) is 9.69 Å². The highest BCUT2D eigenvalue weighted by Gasteiger charge is 2.23. The molecule has 23 heavy (non-hydrogen) atoms. The highest BCUT2D eigenvalue weighted by molar-refractivity contribution is 6.04. The van der Waals surface area contributed by atoms with E-state index in [4.69, 9.17) is 0 Å². The van der Waals surface area contributed by atoms with Crippen molar-refractivity contribution < 1.29 is 9.90 Å². The van der Waals surface area contributed by atoms with Gasteiger partial charge in [-0.05, 0) is 49.2 Å². The lowest BCUT2D eigenvalue weighted by atomic mass is 10.1. The zero-order chi connectivity index (χ0) is 16.1. The molecule has 2 aromatic rings. The summed E-state index contributed by atoms with van der Waals surface area (Å²) in [6, 6.07) is 17.4. The number of nitrogens with zero attached hydrogens (tertiary/aromatic N) is 1. The van der Waals surface area contributed by atoms with E-state index in [1.165, 1.54) is 5.56 Å². The highest BCUT2D eigenvalue weighted by Crippen LogP contribution is 2.20. The van der Waals surface area contributed by atoms with Gasteiger partial charge in [-0.1, -0.05) is 30.3 Å². The summed E-state index contributed by atoms with van der Waals surface area (Å²) in [7, 11) is 0. The molecule has 1 aliphatic rings. The summed E-state index contributed by atoms with van der Waals surface area (Å²) in [4.78, 5) is 14.5. The maximum absolute atomic E-state index is 12.2. The van der Waals surface area contributed by atoms with E-state index in [-0.39, 0.29) is 18.6 Å². The Labute approximate surface area is 136 Å². The van der Waals surface area contributed by atoms with Gasteiger partial charge < -0.3 is 10.4 Å². The number of carbonyl (C=O) groups is 1. The number of amides is 1. The first-order valence-corrected chi connectivity index (χ1v) is 8.06. The van der Waals surface area contributed by atoms with E-state index in [1.54, 1.807) is 0 Å². The van der Waals surface area contributed by atoms with Crippen LogP contribution < -0.4 is 5.32 Å². The Hall–Kier alpha value is -2.17. The Bertz CT molecular complexity index is 640. The van der Waals surface area contributed by atoms with Crippen molar-refractivity contribution in [1.82, 2.24) is 4.90 Å². The zero-order valence-electron chi connectivity index (χ0n) is 13.1. The number of para-hydroxylation sites is 1. The quantitative estimate of drug-likeness (QED) is 0.893. The summed E-state index contributed by atoms with van der Waals surface area (Å²) in [5.74, 6) is -0.0999. The molecule has 1 fully saturated rings. The second-order valence-corrected chi connectivity index (χ2v) is 5.97. The van der Waals surface area contributed by atoms with Gasteiger partial charge in [-0.25, -0.2) is 0 Å². The predicted octanol–water partition coefficient (Wildman–Crippen LogP) is 2.90. The van der Waals surface area contributed by atoms with Gasteiger partial charge in [0.25, 0.3) is 5.91 Å². The van der Waals surface area contributed by atoms with Crippen molar-refractivity contribution in [2.45, 2.75) is 25.4 Å². The van der Waals surface area contributed by atoms with Gasteiger partial charge in [0, 0.05) is 23.8 Å². The molecule has 0 saturated carbocycles. The third kappa shape index (κ3) is 3.97. The van der Waals surface area contributed by atoms with Crippen molar-refractivity contribution in [2.24, 2.45) is 0 Å². The fourth-order valence-corrected chi connectivity index (χ4v) is 3.03. The molecular formula is C19H22N2O2. The Balaban J connectivity index is 1.61. The summed E-state index contributed by atoms with van der Waals surface area (Å²) in [5.41, 5.74) is 2.61. The van der Waals surface area contributed by atoms with Crippen molar-refractivity contribution in [3.63, 3.8) is 0 Å². The Morgan fingerprint density at radius 2 is 1.87 bits per heavy atom. The molecule has 1 amide bonds. The molecule has 2 aromatic carbocycles. The number of hydrogen-bond acceptors (Lipinski definition) is 3. The van der Waals surface area contributed by atoms with Gasteiger partial charge in [0.15, 0.2) is 0 Å². The Morgan fingerprint density at radius 3 is 2.57 bits per heavy atom. The van der Waals surface area contributed by atoms with Crippen LogP contribution in [0.1, 0.15) is 28.8 Å². The molecule has 0 aromatic heterocycles. The van der Waals surface area contributed by atoms with Crippen molar-refractivity contribution in [3.05, 3.63) is 65.7 Å². The summed E-state index contributed by atoms with van der Waals surface area (Å²) >= 11 is 0. The van der Waals surface area contributed by atoms with E-state index in [9.17, 15) is 9.90 Å². The molecule has 0 unspecified atom stereocenters. The lowest BCUT2D eigenvalue weighted by Crippen LogP contribution is -2.31. The number of hydrogen-bond donors (Lipinski definition) is 2. The van der Waals surface area contributed by atoms with E-state index in [0.29, 0.717) is 5.56 Å². The number of benzene rings is 2. The van der Waals surface area contributed by atoms with Crippen LogP contribution in [-0.2, 0) is 6.54 Å². The first kappa shape index (κ1) is 15.7. The average molecular weight is 310 g/mol. The van der Waals surface area contributed by atoms with Crippen LogP contribution in [-0.4, -0.2) is 35.1 Å². The third-order valence-corrected chi connectivity index (χ3v) is 4.34. The molecular weight excluding hydrogens is 288 g/mol. The monoisotopic (exact) mass is 310 g/mol. The summed E-state index contributed by atoms with van der Waals surface area (Å²) in [6.07, 6.45) is 2.21. The predicted molar refractivity (Wildman–Crippen MR) is 91.4 cm³/mol. The second-order valence-electron chi connectivity index (χ2n) is 5.97. The molecule has 1 atom stereocenters. The standard InChI is InChI=1S/C19H22N2O2/c22-14-18-7-4-12-21(18)13-15-8-10-16(11-9-15)19(23)20-17-5-2-1-3-6-17/h1-3,5-6,8-11,18,22H,4,7,12-14H2,(H,20,23)/t18-/m0/s1. The van der Waals surface area contributed by atoms with E-state index in [1.807, 2.05) is 54.6 Å². The number of rotatable bonds is 5. The van der Waals surface area contributed by atoms with Crippen LogP contribution in [0, 0.1) is 0 Å². The maximum Gasteiger partial charge on any atom is 0.255 e. The van der Waals surface area contributed by atoms with E-state index < -0.39 is 0 Å². The average Bonchev–Trinajstić information content (AvgIpc) is 3.03. The number of anilines is 1. The molecule has 0 radical (unpaired) electrons. The number of aliphatic hydroxyl groups is 1. The SMILES string of the molecule is O=C(Nc1ccccc1)c1ccc(CN2CCC[C@H]2CO)cc1. The van der Waals surface area contributed by atoms with E-state index in [0.717, 1.165) is 31.6 Å². The number of likely N-dealkylation sites (tertiary alicyclic amines) is 1. The Morgan fingerprint density at radius 1 is 1.13 bits per heavy atom. The molecule has 0 aliphatic carbocycles. The first-order chi connectivity index (χ1) is 11.3. The second kappa shape index (κ2) is 7.40. The molecule has 120 valence electrons. The zero-order valence-corrected chi connectivity index (χ0v) is 13.1. The molecule has 3 rings (SSSR count). The van der Waals surface area contributed by atoms with Crippen LogP contribution in [0.3, 0.4) is 0 Å². The van der Waals surface area contributed by atoms with Gasteiger partial charge in [0.2, 0.25) is 0 Å². The Kier molecular flexibility index (Phi) is 5.05. The minimum absolute atomic E-state index is 0.0999. The molecule has 1 aliphatic heterocycles. The molecule has 1 saturated heterocycles. The largest absolute Gasteiger partial charge is 0.395 e. The molecule has 1 heterocycles. The summed E-state index contributed by atoms with van der Waals surface area (Å²) in [6.45, 7) is 2.07. The summed E-state index contributed by atoms with van der Waals surface area (Å²) in [5, 5.41) is 12.3. The fourth-order valence-electron chi connectivity index (χ4n) is 3.03. The van der Waals surface area contributed by atoms with Gasteiger partial charge in [-0.2, -0.15) is 0 Å². The molecule has 4 nitrogen and oxygen atoms in total. The molecule has 0 spiro atoms. The van der Waals surface area contributed by atoms with Gasteiger partial charge in [-0.15, -0.1) is 0 Å². The van der Waals surface area contributed by atoms with Crippen molar-refractivity contribution in [2.75, 3.05) is 18.5 Å². The van der Waals surface area contributed by atoms with Crippen LogP contribution in [0.5, 0.6) is 0 Å². The number of carbonyl (C=O) groups excluding carboxylic acids is 1. The van der Waals surface area contributed by atoms with Crippen molar-refractivity contribution in [1.29, 1.82) is 0 Å². The molecule has 4 heteroatoms.